The first kappa shape index (κ1) is 19.5. The van der Waals surface area contributed by atoms with Gasteiger partial charge in [0.2, 0.25) is 0 Å². The number of piperidine rings is 1. The minimum atomic E-state index is 0.0592. The third-order valence-corrected chi connectivity index (χ3v) is 6.68. The van der Waals surface area contributed by atoms with Crippen LogP contribution in [0.2, 0.25) is 0 Å². The molecule has 1 aliphatic carbocycles. The number of benzene rings is 1. The van der Waals surface area contributed by atoms with E-state index in [9.17, 15) is 4.79 Å². The molecule has 1 amide bonds. The van der Waals surface area contributed by atoms with Crippen molar-refractivity contribution in [3.8, 4) is 5.75 Å². The van der Waals surface area contributed by atoms with E-state index in [0.717, 1.165) is 36.8 Å². The van der Waals surface area contributed by atoms with Gasteiger partial charge in [0.15, 0.2) is 0 Å². The summed E-state index contributed by atoms with van der Waals surface area (Å²) in [5, 5.41) is 5.06. The summed E-state index contributed by atoms with van der Waals surface area (Å²) in [4.78, 5) is 15.5. The number of likely N-dealkylation sites (tertiary alicyclic amines) is 1. The van der Waals surface area contributed by atoms with E-state index in [0.29, 0.717) is 12.0 Å². The summed E-state index contributed by atoms with van der Waals surface area (Å²) < 4.78 is 6.16. The van der Waals surface area contributed by atoms with Crippen LogP contribution in [0.15, 0.2) is 41.8 Å². The van der Waals surface area contributed by atoms with Gasteiger partial charge in [-0.25, -0.2) is 0 Å². The van der Waals surface area contributed by atoms with Crippen LogP contribution in [-0.4, -0.2) is 36.5 Å². The number of thiophene rings is 1. The summed E-state index contributed by atoms with van der Waals surface area (Å²) in [6, 6.07) is 12.4. The average Bonchev–Trinajstić information content (AvgIpc) is 3.41. The van der Waals surface area contributed by atoms with Crippen molar-refractivity contribution >= 4 is 17.2 Å². The molecule has 1 saturated heterocycles. The number of carbonyl (C=O) groups excluding carboxylic acids is 1. The van der Waals surface area contributed by atoms with Crippen molar-refractivity contribution in [2.75, 3.05) is 19.6 Å². The Morgan fingerprint density at radius 2 is 2.04 bits per heavy atom. The third-order valence-electron chi connectivity index (χ3n) is 5.81. The van der Waals surface area contributed by atoms with Crippen LogP contribution in [0.4, 0.5) is 0 Å². The molecule has 4 nitrogen and oxygen atoms in total. The first-order valence-electron chi connectivity index (χ1n) is 10.6. The van der Waals surface area contributed by atoms with Crippen LogP contribution < -0.4 is 10.1 Å². The number of rotatable bonds is 7. The van der Waals surface area contributed by atoms with Crippen LogP contribution in [0.1, 0.15) is 53.8 Å². The van der Waals surface area contributed by atoms with Crippen molar-refractivity contribution in [2.45, 2.75) is 51.2 Å². The molecule has 1 N–H and O–H groups in total. The summed E-state index contributed by atoms with van der Waals surface area (Å²) in [7, 11) is 0. The molecule has 1 aromatic heterocycles. The monoisotopic (exact) mass is 398 g/mol. The van der Waals surface area contributed by atoms with E-state index < -0.39 is 0 Å². The normalized spacial score (nSPS) is 20.9. The smallest absolute Gasteiger partial charge is 0.261 e. The van der Waals surface area contributed by atoms with Gasteiger partial charge >= 0.3 is 0 Å². The molecule has 1 saturated carbocycles. The number of hydrogen-bond donors (Lipinski definition) is 1. The Morgan fingerprint density at radius 1 is 1.14 bits per heavy atom. The van der Waals surface area contributed by atoms with Gasteiger partial charge in [-0.2, -0.15) is 0 Å². The standard InChI is InChI=1S/C23H30N2O2S/c26-23(22-11-5-13-28-22)24-15-19-7-4-12-25(17-19)16-18-6-3-10-21(14-18)27-20-8-1-2-9-20/h3,5-6,10-11,13-14,19-20H,1-2,4,7-9,12,15-17H2,(H,24,26)/t19-/m0/s1. The molecule has 0 radical (unpaired) electrons. The molecule has 1 aromatic carbocycles. The van der Waals surface area contributed by atoms with E-state index in [4.69, 9.17) is 4.74 Å². The molecule has 150 valence electrons. The minimum absolute atomic E-state index is 0.0592. The predicted molar refractivity (Wildman–Crippen MR) is 114 cm³/mol. The second kappa shape index (κ2) is 9.57. The highest BCUT2D eigenvalue weighted by Gasteiger charge is 2.21. The van der Waals surface area contributed by atoms with Crippen molar-refractivity contribution in [1.29, 1.82) is 0 Å². The Balaban J connectivity index is 1.27. The molecular weight excluding hydrogens is 368 g/mol. The highest BCUT2D eigenvalue weighted by molar-refractivity contribution is 7.12. The van der Waals surface area contributed by atoms with Gasteiger partial charge in [-0.1, -0.05) is 18.2 Å². The molecule has 4 rings (SSSR count). The van der Waals surface area contributed by atoms with Gasteiger partial charge in [0.25, 0.3) is 5.91 Å². The fourth-order valence-electron chi connectivity index (χ4n) is 4.37. The van der Waals surface area contributed by atoms with E-state index >= 15 is 0 Å². The van der Waals surface area contributed by atoms with Crippen LogP contribution in [-0.2, 0) is 6.54 Å². The number of ether oxygens (including phenoxy) is 1. The zero-order valence-electron chi connectivity index (χ0n) is 16.4. The van der Waals surface area contributed by atoms with Gasteiger partial charge < -0.3 is 10.1 Å². The van der Waals surface area contributed by atoms with Crippen molar-refractivity contribution < 1.29 is 9.53 Å². The van der Waals surface area contributed by atoms with E-state index in [1.54, 1.807) is 0 Å². The highest BCUT2D eigenvalue weighted by Crippen LogP contribution is 2.25. The van der Waals surface area contributed by atoms with Crippen LogP contribution in [0.5, 0.6) is 5.75 Å². The lowest BCUT2D eigenvalue weighted by molar-refractivity contribution is 0.0934. The summed E-state index contributed by atoms with van der Waals surface area (Å²) >= 11 is 1.50. The molecule has 0 spiro atoms. The zero-order valence-corrected chi connectivity index (χ0v) is 17.3. The van der Waals surface area contributed by atoms with Crippen molar-refractivity contribution in [3.05, 3.63) is 52.2 Å². The number of amides is 1. The zero-order chi connectivity index (χ0) is 19.2. The summed E-state index contributed by atoms with van der Waals surface area (Å²) in [5.41, 5.74) is 1.32. The Hall–Kier alpha value is -1.85. The van der Waals surface area contributed by atoms with E-state index in [1.807, 2.05) is 17.5 Å². The van der Waals surface area contributed by atoms with Crippen molar-refractivity contribution in [1.82, 2.24) is 10.2 Å². The van der Waals surface area contributed by atoms with Gasteiger partial charge in [0, 0.05) is 19.6 Å². The van der Waals surface area contributed by atoms with Gasteiger partial charge in [-0.3, -0.25) is 9.69 Å². The largest absolute Gasteiger partial charge is 0.490 e. The molecule has 5 heteroatoms. The molecule has 0 unspecified atom stereocenters. The van der Waals surface area contributed by atoms with Gasteiger partial charge in [0.1, 0.15) is 5.75 Å². The average molecular weight is 399 g/mol. The third kappa shape index (κ3) is 5.36. The minimum Gasteiger partial charge on any atom is -0.490 e. The van der Waals surface area contributed by atoms with Crippen LogP contribution in [0.25, 0.3) is 0 Å². The van der Waals surface area contributed by atoms with E-state index in [2.05, 4.69) is 34.5 Å². The van der Waals surface area contributed by atoms with Gasteiger partial charge in [-0.15, -0.1) is 11.3 Å². The number of carbonyl (C=O) groups is 1. The molecule has 2 heterocycles. The predicted octanol–water partition coefficient (Wildman–Crippen LogP) is 4.71. The number of nitrogens with zero attached hydrogens (tertiary/aromatic N) is 1. The second-order valence-corrected chi connectivity index (χ2v) is 9.05. The maximum atomic E-state index is 12.2. The van der Waals surface area contributed by atoms with Crippen LogP contribution >= 0.6 is 11.3 Å². The summed E-state index contributed by atoms with van der Waals surface area (Å²) in [5.74, 6) is 1.60. The van der Waals surface area contributed by atoms with Gasteiger partial charge in [0.05, 0.1) is 11.0 Å². The van der Waals surface area contributed by atoms with E-state index in [1.165, 1.54) is 55.4 Å². The topological polar surface area (TPSA) is 41.6 Å². The number of nitrogens with one attached hydrogen (secondary N) is 1. The molecule has 2 aromatic rings. The molecular formula is C23H30N2O2S. The Labute approximate surface area is 171 Å². The molecule has 2 fully saturated rings. The second-order valence-electron chi connectivity index (χ2n) is 8.10. The van der Waals surface area contributed by atoms with E-state index in [-0.39, 0.29) is 5.91 Å². The maximum Gasteiger partial charge on any atom is 0.261 e. The van der Waals surface area contributed by atoms with Gasteiger partial charge in [-0.05, 0) is 80.1 Å². The Bertz CT molecular complexity index is 756. The van der Waals surface area contributed by atoms with Crippen molar-refractivity contribution in [3.63, 3.8) is 0 Å². The molecule has 2 aliphatic rings. The lowest BCUT2D eigenvalue weighted by Crippen LogP contribution is -2.40. The lowest BCUT2D eigenvalue weighted by atomic mass is 9.97. The molecule has 1 aliphatic heterocycles. The van der Waals surface area contributed by atoms with Crippen LogP contribution in [0, 0.1) is 5.92 Å². The van der Waals surface area contributed by atoms with Crippen molar-refractivity contribution in [2.24, 2.45) is 5.92 Å². The molecule has 1 atom stereocenters. The fraction of sp³-hybridized carbons (Fsp3) is 0.522. The lowest BCUT2D eigenvalue weighted by Gasteiger charge is -2.33. The summed E-state index contributed by atoms with van der Waals surface area (Å²) in [6.45, 7) is 3.89. The fourth-order valence-corrected chi connectivity index (χ4v) is 5.01. The van der Waals surface area contributed by atoms with Crippen LogP contribution in [0.3, 0.4) is 0 Å². The Morgan fingerprint density at radius 3 is 2.86 bits per heavy atom. The SMILES string of the molecule is O=C(NC[C@@H]1CCCN(Cc2cccc(OC3CCCC3)c2)C1)c1cccs1. The molecule has 0 bridgehead atoms. The number of hydrogen-bond acceptors (Lipinski definition) is 4. The first-order valence-corrected chi connectivity index (χ1v) is 11.4. The first-order chi connectivity index (χ1) is 13.8. The maximum absolute atomic E-state index is 12.2. The summed E-state index contributed by atoms with van der Waals surface area (Å²) in [6.07, 6.45) is 7.75. The quantitative estimate of drug-likeness (QED) is 0.734. The molecule has 28 heavy (non-hydrogen) atoms. The highest BCUT2D eigenvalue weighted by atomic mass is 32.1. The Kier molecular flexibility index (Phi) is 6.65.